The molecule has 0 aliphatic carbocycles. The highest BCUT2D eigenvalue weighted by Gasteiger charge is 2.23. The van der Waals surface area contributed by atoms with Gasteiger partial charge in [-0.05, 0) is 36.6 Å². The maximum Gasteiger partial charge on any atom is 0.247 e. The van der Waals surface area contributed by atoms with Gasteiger partial charge < -0.3 is 4.42 Å². The molecule has 0 fully saturated rings. The molecule has 0 spiro atoms. The van der Waals surface area contributed by atoms with Crippen molar-refractivity contribution in [3.05, 3.63) is 48.5 Å². The molecule has 0 aliphatic rings. The van der Waals surface area contributed by atoms with E-state index in [4.69, 9.17) is 4.42 Å². The van der Waals surface area contributed by atoms with Crippen molar-refractivity contribution in [1.82, 2.24) is 9.97 Å². The lowest BCUT2D eigenvalue weighted by Crippen LogP contribution is -2.07. The number of sulfone groups is 1. The quantitative estimate of drug-likeness (QED) is 0.480. The van der Waals surface area contributed by atoms with Crippen LogP contribution in [-0.2, 0) is 9.84 Å². The first-order valence-corrected chi connectivity index (χ1v) is 11.0. The van der Waals surface area contributed by atoms with Crippen molar-refractivity contribution in [2.45, 2.75) is 16.7 Å². The van der Waals surface area contributed by atoms with Gasteiger partial charge in [0.05, 0.1) is 16.2 Å². The van der Waals surface area contributed by atoms with E-state index in [0.717, 1.165) is 10.3 Å². The lowest BCUT2D eigenvalue weighted by Gasteiger charge is -2.08. The third kappa shape index (κ3) is 2.87. The topological polar surface area (TPSA) is 73.1 Å². The van der Waals surface area contributed by atoms with Crippen molar-refractivity contribution < 1.29 is 12.8 Å². The van der Waals surface area contributed by atoms with Crippen molar-refractivity contribution in [2.24, 2.45) is 0 Å². The van der Waals surface area contributed by atoms with Crippen LogP contribution in [0, 0.1) is 0 Å². The third-order valence-corrected chi connectivity index (χ3v) is 6.67. The summed E-state index contributed by atoms with van der Waals surface area (Å²) in [5.74, 6) is 0.202. The molecule has 7 heteroatoms. The van der Waals surface area contributed by atoms with Crippen LogP contribution in [0.15, 0.2) is 62.7 Å². The Morgan fingerprint density at radius 3 is 2.62 bits per heavy atom. The summed E-state index contributed by atoms with van der Waals surface area (Å²) in [6.45, 7) is 1.62. The highest BCUT2D eigenvalue weighted by Crippen LogP contribution is 2.32. The van der Waals surface area contributed by atoms with Gasteiger partial charge in [-0.15, -0.1) is 11.8 Å². The molecule has 2 aromatic heterocycles. The van der Waals surface area contributed by atoms with Crippen molar-refractivity contribution in [3.8, 4) is 11.6 Å². The summed E-state index contributed by atoms with van der Waals surface area (Å²) in [5, 5.41) is 0.768. The SMILES string of the molecule is CCS(=O)(=O)c1cc2ccccc2nc1-c1nc2cc(SC)ccc2o1. The van der Waals surface area contributed by atoms with Gasteiger partial charge in [0.1, 0.15) is 11.2 Å². The number of oxazole rings is 1. The lowest BCUT2D eigenvalue weighted by atomic mass is 10.2. The molecule has 0 N–H and O–H groups in total. The van der Waals surface area contributed by atoms with E-state index in [1.54, 1.807) is 24.8 Å². The van der Waals surface area contributed by atoms with Gasteiger partial charge in [-0.1, -0.05) is 25.1 Å². The van der Waals surface area contributed by atoms with E-state index < -0.39 is 9.84 Å². The second-order valence-corrected chi connectivity index (χ2v) is 8.91. The van der Waals surface area contributed by atoms with Crippen LogP contribution in [-0.4, -0.2) is 30.4 Å². The second kappa shape index (κ2) is 6.41. The number of benzene rings is 2. The Morgan fingerprint density at radius 2 is 1.85 bits per heavy atom. The fourth-order valence-electron chi connectivity index (χ4n) is 2.78. The number of fused-ring (bicyclic) bond motifs is 2. The lowest BCUT2D eigenvalue weighted by molar-refractivity contribution is 0.592. The van der Waals surface area contributed by atoms with Gasteiger partial charge in [0, 0.05) is 10.3 Å². The van der Waals surface area contributed by atoms with E-state index in [2.05, 4.69) is 9.97 Å². The monoisotopic (exact) mass is 384 g/mol. The first-order chi connectivity index (χ1) is 12.5. The van der Waals surface area contributed by atoms with Gasteiger partial charge in [0.15, 0.2) is 15.4 Å². The maximum atomic E-state index is 12.6. The molecule has 0 aliphatic heterocycles. The molecule has 0 bridgehead atoms. The minimum atomic E-state index is -3.49. The zero-order valence-electron chi connectivity index (χ0n) is 14.3. The Morgan fingerprint density at radius 1 is 1.04 bits per heavy atom. The van der Waals surface area contributed by atoms with E-state index >= 15 is 0 Å². The van der Waals surface area contributed by atoms with Crippen LogP contribution in [0.4, 0.5) is 0 Å². The van der Waals surface area contributed by atoms with Crippen LogP contribution in [0.1, 0.15) is 6.92 Å². The predicted molar refractivity (Wildman–Crippen MR) is 104 cm³/mol. The van der Waals surface area contributed by atoms with Crippen molar-refractivity contribution in [2.75, 3.05) is 12.0 Å². The number of thioether (sulfide) groups is 1. The third-order valence-electron chi connectivity index (χ3n) is 4.20. The first kappa shape index (κ1) is 17.1. The molecule has 2 heterocycles. The zero-order valence-corrected chi connectivity index (χ0v) is 15.9. The Hall–Kier alpha value is -2.38. The van der Waals surface area contributed by atoms with E-state index in [-0.39, 0.29) is 22.2 Å². The van der Waals surface area contributed by atoms with E-state index in [0.29, 0.717) is 16.6 Å². The number of para-hydroxylation sites is 1. The summed E-state index contributed by atoms with van der Waals surface area (Å²) in [5.41, 5.74) is 2.24. The van der Waals surface area contributed by atoms with Gasteiger partial charge >= 0.3 is 0 Å². The fourth-order valence-corrected chi connectivity index (χ4v) is 4.26. The molecule has 132 valence electrons. The maximum absolute atomic E-state index is 12.6. The zero-order chi connectivity index (χ0) is 18.3. The van der Waals surface area contributed by atoms with Gasteiger partial charge in [-0.2, -0.15) is 0 Å². The predicted octanol–water partition coefficient (Wildman–Crippen LogP) is 4.56. The number of aromatic nitrogens is 2. The molecule has 5 nitrogen and oxygen atoms in total. The van der Waals surface area contributed by atoms with Gasteiger partial charge in [0.25, 0.3) is 0 Å². The molecular formula is C19H16N2O3S2. The van der Waals surface area contributed by atoms with E-state index in [9.17, 15) is 8.42 Å². The second-order valence-electron chi connectivity index (χ2n) is 5.78. The van der Waals surface area contributed by atoms with Crippen molar-refractivity contribution in [1.29, 1.82) is 0 Å². The molecule has 0 amide bonds. The van der Waals surface area contributed by atoms with Crippen LogP contribution in [0.25, 0.3) is 33.6 Å². The summed E-state index contributed by atoms with van der Waals surface area (Å²) in [4.78, 5) is 10.3. The smallest absolute Gasteiger partial charge is 0.247 e. The minimum absolute atomic E-state index is 0.0170. The molecule has 26 heavy (non-hydrogen) atoms. The van der Waals surface area contributed by atoms with E-state index in [1.807, 2.05) is 48.7 Å². The average molecular weight is 384 g/mol. The van der Waals surface area contributed by atoms with Crippen LogP contribution in [0.2, 0.25) is 0 Å². The summed E-state index contributed by atoms with van der Waals surface area (Å²) < 4.78 is 31.1. The summed E-state index contributed by atoms with van der Waals surface area (Å²) in [6, 6.07) is 14.8. The summed E-state index contributed by atoms with van der Waals surface area (Å²) >= 11 is 1.61. The Labute approximate surface area is 155 Å². The highest BCUT2D eigenvalue weighted by atomic mass is 32.2. The molecule has 4 rings (SSSR count). The molecule has 4 aromatic rings. The van der Waals surface area contributed by atoms with Crippen LogP contribution in [0.5, 0.6) is 0 Å². The van der Waals surface area contributed by atoms with Crippen LogP contribution >= 0.6 is 11.8 Å². The Kier molecular flexibility index (Phi) is 4.20. The van der Waals surface area contributed by atoms with Gasteiger partial charge in [0.2, 0.25) is 5.89 Å². The van der Waals surface area contributed by atoms with Crippen LogP contribution in [0.3, 0.4) is 0 Å². The number of nitrogens with zero attached hydrogens (tertiary/aromatic N) is 2. The number of rotatable bonds is 4. The van der Waals surface area contributed by atoms with Crippen molar-refractivity contribution >= 4 is 43.6 Å². The molecule has 0 radical (unpaired) electrons. The molecule has 0 saturated carbocycles. The average Bonchev–Trinajstić information content (AvgIpc) is 3.10. The summed E-state index contributed by atoms with van der Waals surface area (Å²) in [7, 11) is -3.49. The van der Waals surface area contributed by atoms with Gasteiger partial charge in [-0.3, -0.25) is 0 Å². The molecule has 0 atom stereocenters. The van der Waals surface area contributed by atoms with E-state index in [1.165, 1.54) is 0 Å². The Bertz CT molecular complexity index is 1230. The standard InChI is InChI=1S/C19H16N2O3S2/c1-3-26(22,23)17-10-12-6-4-5-7-14(12)20-18(17)19-21-15-11-13(25-2)8-9-16(15)24-19/h4-11H,3H2,1-2H3. The largest absolute Gasteiger partial charge is 0.435 e. The number of pyridine rings is 1. The van der Waals surface area contributed by atoms with Gasteiger partial charge in [-0.25, -0.2) is 18.4 Å². The minimum Gasteiger partial charge on any atom is -0.435 e. The van der Waals surface area contributed by atoms with Crippen LogP contribution < -0.4 is 0 Å². The van der Waals surface area contributed by atoms with Crippen molar-refractivity contribution in [3.63, 3.8) is 0 Å². The fraction of sp³-hybridized carbons (Fsp3) is 0.158. The molecule has 0 unspecified atom stereocenters. The summed E-state index contributed by atoms with van der Waals surface area (Å²) in [6.07, 6.45) is 1.99. The molecule has 2 aromatic carbocycles. The molecule has 0 saturated heterocycles. The number of hydrogen-bond acceptors (Lipinski definition) is 6. The first-order valence-electron chi connectivity index (χ1n) is 8.09. The normalized spacial score (nSPS) is 12.1. The Balaban J connectivity index is 2.01. The molecular weight excluding hydrogens is 368 g/mol. The number of hydrogen-bond donors (Lipinski definition) is 0. The highest BCUT2D eigenvalue weighted by molar-refractivity contribution is 7.98.